The van der Waals surface area contributed by atoms with Gasteiger partial charge in [-0.2, -0.15) is 11.8 Å². The van der Waals surface area contributed by atoms with Crippen LogP contribution in [0.3, 0.4) is 0 Å². The molecule has 9 nitrogen and oxygen atoms in total. The van der Waals surface area contributed by atoms with Crippen LogP contribution in [0, 0.1) is 25.7 Å². The molecule has 0 radical (unpaired) electrons. The van der Waals surface area contributed by atoms with Gasteiger partial charge in [-0.15, -0.1) is 0 Å². The highest BCUT2D eigenvalue weighted by Gasteiger charge is 2.31. The predicted octanol–water partition coefficient (Wildman–Crippen LogP) is 3.88. The van der Waals surface area contributed by atoms with E-state index in [-0.39, 0.29) is 42.0 Å². The number of aliphatic hydroxyl groups is 1. The highest BCUT2D eigenvalue weighted by Crippen LogP contribution is 2.18. The van der Waals surface area contributed by atoms with E-state index in [4.69, 9.17) is 0 Å². The predicted molar refractivity (Wildman–Crippen MR) is 171 cm³/mol. The van der Waals surface area contributed by atoms with Crippen LogP contribution in [0.4, 0.5) is 0 Å². The minimum atomic E-state index is -0.998. The monoisotopic (exact) mass is 606 g/mol. The van der Waals surface area contributed by atoms with Crippen molar-refractivity contribution in [3.05, 3.63) is 34.9 Å². The van der Waals surface area contributed by atoms with E-state index in [2.05, 4.69) is 21.3 Å². The molecule has 0 aromatic heterocycles. The molecule has 238 valence electrons. The minimum Gasteiger partial charge on any atom is -0.391 e. The second-order valence-corrected chi connectivity index (χ2v) is 13.0. The molecule has 0 saturated heterocycles. The summed E-state index contributed by atoms with van der Waals surface area (Å²) in [5.74, 6) is -0.976. The van der Waals surface area contributed by atoms with Gasteiger partial charge in [-0.1, -0.05) is 46.2 Å². The standard InChI is InChI=1S/C32H54N4O5S/c1-10-12-25(31(40)33-20(4)5)34-29(38)22(7)18-28(37)27(17-19(2)3)36-32(41)26(15-16-42-9)35-30(39)24-14-11-13-21(6)23(24)8/h11,13-14,19-20,22,25-28,37H,10,12,15-18H2,1-9H3,(H,33,40)(H,34,38)(H,35,39)(H,36,41)/t22-,25+,26+,27+,28+/m1/s1. The minimum absolute atomic E-state index is 0.0428. The lowest BCUT2D eigenvalue weighted by atomic mass is 9.92. The molecule has 0 aliphatic carbocycles. The average Bonchev–Trinajstić information content (AvgIpc) is 2.90. The van der Waals surface area contributed by atoms with Gasteiger partial charge in [-0.05, 0) is 88.5 Å². The van der Waals surface area contributed by atoms with Crippen molar-refractivity contribution in [3.63, 3.8) is 0 Å². The first-order valence-electron chi connectivity index (χ1n) is 15.2. The first-order valence-corrected chi connectivity index (χ1v) is 16.6. The van der Waals surface area contributed by atoms with Gasteiger partial charge >= 0.3 is 0 Å². The summed E-state index contributed by atoms with van der Waals surface area (Å²) in [6.07, 6.45) is 3.22. The van der Waals surface area contributed by atoms with Gasteiger partial charge in [-0.25, -0.2) is 0 Å². The van der Waals surface area contributed by atoms with Crippen LogP contribution in [-0.4, -0.2) is 71.0 Å². The zero-order valence-electron chi connectivity index (χ0n) is 27.0. The largest absolute Gasteiger partial charge is 0.391 e. The Morgan fingerprint density at radius 3 is 2.02 bits per heavy atom. The number of aryl methyl sites for hydroxylation is 1. The summed E-state index contributed by atoms with van der Waals surface area (Å²) in [6, 6.07) is 3.43. The van der Waals surface area contributed by atoms with Crippen LogP contribution in [0.5, 0.6) is 0 Å². The third kappa shape index (κ3) is 12.7. The van der Waals surface area contributed by atoms with Crippen LogP contribution < -0.4 is 21.3 Å². The summed E-state index contributed by atoms with van der Waals surface area (Å²) in [4.78, 5) is 52.2. The molecule has 42 heavy (non-hydrogen) atoms. The van der Waals surface area contributed by atoms with Gasteiger partial charge in [0.25, 0.3) is 5.91 Å². The zero-order chi connectivity index (χ0) is 32.0. The molecular formula is C32H54N4O5S. The van der Waals surface area contributed by atoms with Gasteiger partial charge in [0.2, 0.25) is 17.7 Å². The Balaban J connectivity index is 3.00. The van der Waals surface area contributed by atoms with Gasteiger partial charge in [0.1, 0.15) is 12.1 Å². The highest BCUT2D eigenvalue weighted by atomic mass is 32.2. The molecule has 0 aliphatic rings. The molecule has 0 spiro atoms. The molecule has 10 heteroatoms. The lowest BCUT2D eigenvalue weighted by molar-refractivity contribution is -0.132. The number of hydrogen-bond donors (Lipinski definition) is 5. The number of carbonyl (C=O) groups is 4. The first-order chi connectivity index (χ1) is 19.7. The van der Waals surface area contributed by atoms with E-state index >= 15 is 0 Å². The van der Waals surface area contributed by atoms with Crippen molar-refractivity contribution in [1.82, 2.24) is 21.3 Å². The number of rotatable bonds is 18. The Bertz CT molecular complexity index is 1030. The van der Waals surface area contributed by atoms with Crippen molar-refractivity contribution >= 4 is 35.4 Å². The van der Waals surface area contributed by atoms with E-state index in [1.165, 1.54) is 0 Å². The van der Waals surface area contributed by atoms with E-state index in [1.807, 2.05) is 66.9 Å². The third-order valence-electron chi connectivity index (χ3n) is 7.28. The molecule has 0 saturated carbocycles. The fourth-order valence-electron chi connectivity index (χ4n) is 4.73. The summed E-state index contributed by atoms with van der Waals surface area (Å²) < 4.78 is 0. The van der Waals surface area contributed by atoms with Crippen molar-refractivity contribution in [1.29, 1.82) is 0 Å². The van der Waals surface area contributed by atoms with E-state index in [0.717, 1.165) is 17.5 Å². The Morgan fingerprint density at radius 1 is 0.833 bits per heavy atom. The lowest BCUT2D eigenvalue weighted by Gasteiger charge is -2.30. The Morgan fingerprint density at radius 2 is 1.45 bits per heavy atom. The summed E-state index contributed by atoms with van der Waals surface area (Å²) in [5, 5.41) is 22.8. The van der Waals surface area contributed by atoms with Crippen molar-refractivity contribution in [2.45, 2.75) is 118 Å². The number of carbonyl (C=O) groups excluding carboxylic acids is 4. The maximum atomic E-state index is 13.5. The first kappa shape index (κ1) is 37.4. The molecule has 4 amide bonds. The lowest BCUT2D eigenvalue weighted by Crippen LogP contribution is -2.54. The second-order valence-electron chi connectivity index (χ2n) is 12.0. The molecule has 5 atom stereocenters. The molecule has 1 rings (SSSR count). The van der Waals surface area contributed by atoms with Gasteiger partial charge in [0, 0.05) is 17.5 Å². The van der Waals surface area contributed by atoms with Crippen molar-refractivity contribution < 1.29 is 24.3 Å². The van der Waals surface area contributed by atoms with Crippen LogP contribution >= 0.6 is 11.8 Å². The average molecular weight is 607 g/mol. The normalized spacial score (nSPS) is 15.0. The molecule has 0 bridgehead atoms. The number of thioether (sulfide) groups is 1. The van der Waals surface area contributed by atoms with Crippen molar-refractivity contribution in [3.8, 4) is 0 Å². The zero-order valence-corrected chi connectivity index (χ0v) is 27.8. The van der Waals surface area contributed by atoms with E-state index in [0.29, 0.717) is 30.6 Å². The Hall–Kier alpha value is -2.59. The summed E-state index contributed by atoms with van der Waals surface area (Å²) in [5.41, 5.74) is 2.38. The van der Waals surface area contributed by atoms with Crippen LogP contribution in [0.2, 0.25) is 0 Å². The van der Waals surface area contributed by atoms with Crippen molar-refractivity contribution in [2.24, 2.45) is 11.8 Å². The number of hydrogen-bond acceptors (Lipinski definition) is 6. The van der Waals surface area contributed by atoms with E-state index < -0.39 is 30.1 Å². The van der Waals surface area contributed by atoms with Gasteiger partial charge in [0.15, 0.2) is 0 Å². The second kappa shape index (κ2) is 18.8. The fraction of sp³-hybridized carbons (Fsp3) is 0.688. The summed E-state index contributed by atoms with van der Waals surface area (Å²) >= 11 is 1.58. The molecule has 1 aromatic rings. The van der Waals surface area contributed by atoms with Crippen LogP contribution in [0.25, 0.3) is 0 Å². The highest BCUT2D eigenvalue weighted by molar-refractivity contribution is 7.98. The molecule has 5 N–H and O–H groups in total. The maximum Gasteiger partial charge on any atom is 0.252 e. The SMILES string of the molecule is CCC[C@H](NC(=O)[C@H](C)C[C@H](O)[C@H](CC(C)C)NC(=O)[C@H](CCSC)NC(=O)c1cccc(C)c1C)C(=O)NC(C)C. The quantitative estimate of drug-likeness (QED) is 0.172. The molecule has 0 unspecified atom stereocenters. The maximum absolute atomic E-state index is 13.5. The molecular weight excluding hydrogens is 552 g/mol. The fourth-order valence-corrected chi connectivity index (χ4v) is 5.20. The van der Waals surface area contributed by atoms with Gasteiger partial charge in [0.05, 0.1) is 12.1 Å². The summed E-state index contributed by atoms with van der Waals surface area (Å²) in [7, 11) is 0. The Kier molecular flexibility index (Phi) is 16.8. The third-order valence-corrected chi connectivity index (χ3v) is 7.93. The topological polar surface area (TPSA) is 137 Å². The smallest absolute Gasteiger partial charge is 0.252 e. The Labute approximate surface area is 257 Å². The van der Waals surface area contributed by atoms with E-state index in [9.17, 15) is 24.3 Å². The molecule has 1 aromatic carbocycles. The number of benzene rings is 1. The number of aliphatic hydroxyl groups excluding tert-OH is 1. The van der Waals surface area contributed by atoms with Gasteiger partial charge in [-0.3, -0.25) is 19.2 Å². The van der Waals surface area contributed by atoms with Gasteiger partial charge < -0.3 is 26.4 Å². The summed E-state index contributed by atoms with van der Waals surface area (Å²) in [6.45, 7) is 15.2. The molecule has 0 aliphatic heterocycles. The van der Waals surface area contributed by atoms with Crippen LogP contribution in [-0.2, 0) is 14.4 Å². The van der Waals surface area contributed by atoms with Crippen LogP contribution in [0.1, 0.15) is 95.1 Å². The number of nitrogens with one attached hydrogen (secondary N) is 4. The number of amides is 4. The van der Waals surface area contributed by atoms with Crippen LogP contribution in [0.15, 0.2) is 18.2 Å². The van der Waals surface area contributed by atoms with E-state index in [1.54, 1.807) is 24.8 Å². The van der Waals surface area contributed by atoms with Crippen molar-refractivity contribution in [2.75, 3.05) is 12.0 Å². The molecule has 0 heterocycles. The molecule has 0 fully saturated rings.